The third-order valence-corrected chi connectivity index (χ3v) is 5.09. The number of sulfone groups is 1. The summed E-state index contributed by atoms with van der Waals surface area (Å²) in [6.07, 6.45) is 0.680. The van der Waals surface area contributed by atoms with Crippen LogP contribution in [-0.4, -0.2) is 40.9 Å². The van der Waals surface area contributed by atoms with Gasteiger partial charge in [-0.3, -0.25) is 0 Å². The number of hydrogen-bond donors (Lipinski definition) is 2. The summed E-state index contributed by atoms with van der Waals surface area (Å²) in [7, 11) is -2.84. The molecule has 0 aromatic carbocycles. The van der Waals surface area contributed by atoms with Crippen molar-refractivity contribution in [3.05, 3.63) is 23.7 Å². The highest BCUT2D eigenvalue weighted by atomic mass is 32.2. The highest BCUT2D eigenvalue weighted by Gasteiger charge is 2.27. The van der Waals surface area contributed by atoms with Gasteiger partial charge in [0.2, 0.25) is 0 Å². The summed E-state index contributed by atoms with van der Waals surface area (Å²) >= 11 is 0. The van der Waals surface area contributed by atoms with Crippen LogP contribution in [0.1, 0.15) is 17.9 Å². The SMILES string of the molecule is Cc1ccc2[nH]c(CNC3CCS(=O)(=O)C3)nc2n1. The molecule has 1 fully saturated rings. The van der Waals surface area contributed by atoms with Crippen LogP contribution in [0.25, 0.3) is 11.2 Å². The molecule has 19 heavy (non-hydrogen) atoms. The van der Waals surface area contributed by atoms with Gasteiger partial charge in [-0.1, -0.05) is 0 Å². The molecule has 2 aromatic heterocycles. The first-order chi connectivity index (χ1) is 9.02. The molecule has 3 rings (SSSR count). The van der Waals surface area contributed by atoms with E-state index >= 15 is 0 Å². The minimum atomic E-state index is -2.84. The van der Waals surface area contributed by atoms with Crippen molar-refractivity contribution in [2.75, 3.05) is 11.5 Å². The molecular formula is C12H16N4O2S. The van der Waals surface area contributed by atoms with E-state index in [0.29, 0.717) is 18.6 Å². The summed E-state index contributed by atoms with van der Waals surface area (Å²) in [5, 5.41) is 3.23. The maximum atomic E-state index is 11.4. The Balaban J connectivity index is 1.69. The molecule has 0 saturated carbocycles. The summed E-state index contributed by atoms with van der Waals surface area (Å²) in [4.78, 5) is 11.9. The fraction of sp³-hybridized carbons (Fsp3) is 0.500. The maximum Gasteiger partial charge on any atom is 0.177 e. The van der Waals surface area contributed by atoms with Crippen LogP contribution < -0.4 is 5.32 Å². The Bertz CT molecular complexity index is 708. The monoisotopic (exact) mass is 280 g/mol. The van der Waals surface area contributed by atoms with Crippen molar-refractivity contribution in [1.29, 1.82) is 0 Å². The molecule has 102 valence electrons. The lowest BCUT2D eigenvalue weighted by Crippen LogP contribution is -2.29. The normalized spacial score (nSPS) is 22.1. The molecule has 1 atom stereocenters. The van der Waals surface area contributed by atoms with Crippen LogP contribution in [-0.2, 0) is 16.4 Å². The summed E-state index contributed by atoms with van der Waals surface area (Å²) in [5.74, 6) is 1.30. The predicted molar refractivity (Wildman–Crippen MR) is 72.5 cm³/mol. The van der Waals surface area contributed by atoms with Gasteiger partial charge in [-0.05, 0) is 25.5 Å². The first kappa shape index (κ1) is 12.6. The molecule has 0 radical (unpaired) electrons. The van der Waals surface area contributed by atoms with Crippen LogP contribution >= 0.6 is 0 Å². The number of hydrogen-bond acceptors (Lipinski definition) is 5. The van der Waals surface area contributed by atoms with E-state index in [-0.39, 0.29) is 17.5 Å². The first-order valence-corrected chi connectivity index (χ1v) is 8.10. The average molecular weight is 280 g/mol. The van der Waals surface area contributed by atoms with Gasteiger partial charge in [-0.15, -0.1) is 0 Å². The molecule has 3 heterocycles. The van der Waals surface area contributed by atoms with Gasteiger partial charge in [0, 0.05) is 11.7 Å². The molecule has 1 saturated heterocycles. The number of nitrogens with one attached hydrogen (secondary N) is 2. The van der Waals surface area contributed by atoms with Gasteiger partial charge >= 0.3 is 0 Å². The number of H-pyrrole nitrogens is 1. The van der Waals surface area contributed by atoms with Gasteiger partial charge in [-0.25, -0.2) is 18.4 Å². The van der Waals surface area contributed by atoms with Crippen molar-refractivity contribution >= 4 is 21.0 Å². The van der Waals surface area contributed by atoms with Crippen molar-refractivity contribution < 1.29 is 8.42 Å². The topological polar surface area (TPSA) is 87.7 Å². The lowest BCUT2D eigenvalue weighted by Gasteiger charge is -2.08. The van der Waals surface area contributed by atoms with Gasteiger partial charge in [0.1, 0.15) is 5.82 Å². The van der Waals surface area contributed by atoms with Crippen LogP contribution in [0.5, 0.6) is 0 Å². The van der Waals surface area contributed by atoms with E-state index in [2.05, 4.69) is 20.3 Å². The number of fused-ring (bicyclic) bond motifs is 1. The number of rotatable bonds is 3. The third-order valence-electron chi connectivity index (χ3n) is 3.32. The van der Waals surface area contributed by atoms with E-state index in [1.165, 1.54) is 0 Å². The predicted octanol–water partition coefficient (Wildman–Crippen LogP) is 0.543. The quantitative estimate of drug-likeness (QED) is 0.857. The summed E-state index contributed by atoms with van der Waals surface area (Å²) in [6, 6.07) is 3.92. The number of pyridine rings is 1. The van der Waals surface area contributed by atoms with Gasteiger partial charge in [0.25, 0.3) is 0 Å². The van der Waals surface area contributed by atoms with Crippen LogP contribution in [0.3, 0.4) is 0 Å². The smallest absolute Gasteiger partial charge is 0.177 e. The summed E-state index contributed by atoms with van der Waals surface area (Å²) < 4.78 is 22.7. The second-order valence-electron chi connectivity index (χ2n) is 4.99. The second kappa shape index (κ2) is 4.57. The number of nitrogens with zero attached hydrogens (tertiary/aromatic N) is 2. The fourth-order valence-corrected chi connectivity index (χ4v) is 4.03. The Morgan fingerprint density at radius 2 is 2.26 bits per heavy atom. The highest BCUT2D eigenvalue weighted by molar-refractivity contribution is 7.91. The van der Waals surface area contributed by atoms with Gasteiger partial charge in [0.05, 0.1) is 23.6 Å². The maximum absolute atomic E-state index is 11.4. The minimum absolute atomic E-state index is 0.0351. The zero-order valence-electron chi connectivity index (χ0n) is 10.7. The standard InChI is InChI=1S/C12H16N4O2S/c1-8-2-3-10-12(14-8)16-11(15-10)6-13-9-4-5-19(17,18)7-9/h2-3,9,13H,4-7H2,1H3,(H,14,15,16). The Morgan fingerprint density at radius 3 is 3.00 bits per heavy atom. The Hall–Kier alpha value is -1.47. The molecule has 7 heteroatoms. The Kier molecular flexibility index (Phi) is 3.02. The molecule has 2 aromatic rings. The molecule has 1 unspecified atom stereocenters. The zero-order valence-corrected chi connectivity index (χ0v) is 11.5. The minimum Gasteiger partial charge on any atom is -0.340 e. The Labute approximate surface area is 111 Å². The van der Waals surface area contributed by atoms with Crippen molar-refractivity contribution in [2.45, 2.75) is 25.9 Å². The largest absolute Gasteiger partial charge is 0.340 e. The molecule has 0 bridgehead atoms. The number of imidazole rings is 1. The lowest BCUT2D eigenvalue weighted by molar-refractivity contribution is 0.544. The molecule has 0 amide bonds. The third kappa shape index (κ3) is 2.76. The second-order valence-corrected chi connectivity index (χ2v) is 7.22. The number of aromatic amines is 1. The molecule has 1 aliphatic heterocycles. The molecule has 0 aliphatic carbocycles. The van der Waals surface area contributed by atoms with Crippen molar-refractivity contribution in [3.63, 3.8) is 0 Å². The van der Waals surface area contributed by atoms with Crippen LogP contribution in [0.15, 0.2) is 12.1 Å². The van der Waals surface area contributed by atoms with E-state index < -0.39 is 9.84 Å². The van der Waals surface area contributed by atoms with Gasteiger partial charge in [-0.2, -0.15) is 0 Å². The molecule has 6 nitrogen and oxygen atoms in total. The van der Waals surface area contributed by atoms with E-state index in [1.54, 1.807) is 0 Å². The van der Waals surface area contributed by atoms with Crippen molar-refractivity contribution in [1.82, 2.24) is 20.3 Å². The fourth-order valence-electron chi connectivity index (χ4n) is 2.32. The number of aryl methyl sites for hydroxylation is 1. The van der Waals surface area contributed by atoms with E-state index in [0.717, 1.165) is 17.0 Å². The van der Waals surface area contributed by atoms with E-state index in [4.69, 9.17) is 0 Å². The van der Waals surface area contributed by atoms with E-state index in [1.807, 2.05) is 19.1 Å². The summed E-state index contributed by atoms with van der Waals surface area (Å²) in [5.41, 5.74) is 2.54. The highest BCUT2D eigenvalue weighted by Crippen LogP contribution is 2.13. The number of aromatic nitrogens is 3. The van der Waals surface area contributed by atoms with E-state index in [9.17, 15) is 8.42 Å². The molecular weight excluding hydrogens is 264 g/mol. The van der Waals surface area contributed by atoms with Crippen LogP contribution in [0, 0.1) is 6.92 Å². The first-order valence-electron chi connectivity index (χ1n) is 6.28. The van der Waals surface area contributed by atoms with Crippen molar-refractivity contribution in [3.8, 4) is 0 Å². The van der Waals surface area contributed by atoms with Crippen LogP contribution in [0.2, 0.25) is 0 Å². The summed E-state index contributed by atoms with van der Waals surface area (Å²) in [6.45, 7) is 2.46. The molecule has 2 N–H and O–H groups in total. The van der Waals surface area contributed by atoms with Crippen molar-refractivity contribution in [2.24, 2.45) is 0 Å². The molecule has 1 aliphatic rings. The molecule has 0 spiro atoms. The Morgan fingerprint density at radius 1 is 1.42 bits per heavy atom. The van der Waals surface area contributed by atoms with Gasteiger partial charge < -0.3 is 10.3 Å². The van der Waals surface area contributed by atoms with Crippen LogP contribution in [0.4, 0.5) is 0 Å². The van der Waals surface area contributed by atoms with Gasteiger partial charge in [0.15, 0.2) is 15.5 Å². The average Bonchev–Trinajstić information content (AvgIpc) is 2.89. The zero-order chi connectivity index (χ0) is 13.5. The lowest BCUT2D eigenvalue weighted by atomic mass is 10.2.